The number of hydrogen-bond donors (Lipinski definition) is 2. The van der Waals surface area contributed by atoms with Crippen LogP contribution in [0.3, 0.4) is 0 Å². The minimum Gasteiger partial charge on any atom is -0.366 e. The van der Waals surface area contributed by atoms with Gasteiger partial charge < -0.3 is 10.3 Å². The summed E-state index contributed by atoms with van der Waals surface area (Å²) in [7, 11) is 0. The number of aromatic amines is 1. The summed E-state index contributed by atoms with van der Waals surface area (Å²) in [6, 6.07) is 4.00. The van der Waals surface area contributed by atoms with Gasteiger partial charge in [0.1, 0.15) is 5.82 Å². The van der Waals surface area contributed by atoms with Crippen molar-refractivity contribution in [3.8, 4) is 0 Å². The molecule has 72 valence electrons. The number of imidazole rings is 1. The predicted molar refractivity (Wildman–Crippen MR) is 54.9 cm³/mol. The first-order valence-electron chi connectivity index (χ1n) is 4.49. The van der Waals surface area contributed by atoms with Crippen LogP contribution in [0.15, 0.2) is 30.9 Å². The van der Waals surface area contributed by atoms with Crippen molar-refractivity contribution in [2.24, 2.45) is 0 Å². The summed E-state index contributed by atoms with van der Waals surface area (Å²) in [6.45, 7) is 2.77. The lowest BCUT2D eigenvalue weighted by molar-refractivity contribution is 1.05. The summed E-state index contributed by atoms with van der Waals surface area (Å²) in [4.78, 5) is 11.1. The topological polar surface area (TPSA) is 53.6 Å². The normalized spacial score (nSPS) is 10.1. The average molecular weight is 188 g/mol. The van der Waals surface area contributed by atoms with Crippen LogP contribution in [0.4, 0.5) is 5.82 Å². The first-order chi connectivity index (χ1) is 6.86. The number of aryl methyl sites for hydroxylation is 1. The fraction of sp³-hybridized carbons (Fsp3) is 0.200. The molecule has 0 unspecified atom stereocenters. The first kappa shape index (κ1) is 8.74. The highest BCUT2D eigenvalue weighted by molar-refractivity contribution is 5.33. The predicted octanol–water partition coefficient (Wildman–Crippen LogP) is 1.73. The Morgan fingerprint density at radius 3 is 3.14 bits per heavy atom. The Bertz CT molecular complexity index is 394. The zero-order chi connectivity index (χ0) is 9.80. The maximum absolute atomic E-state index is 4.21. The van der Waals surface area contributed by atoms with Crippen LogP contribution in [-0.4, -0.2) is 15.0 Å². The van der Waals surface area contributed by atoms with E-state index >= 15 is 0 Å². The average Bonchev–Trinajstić information content (AvgIpc) is 2.69. The highest BCUT2D eigenvalue weighted by atomic mass is 15.0. The molecule has 0 radical (unpaired) electrons. The van der Waals surface area contributed by atoms with Crippen molar-refractivity contribution in [3.63, 3.8) is 0 Å². The molecular weight excluding hydrogens is 176 g/mol. The third-order valence-corrected chi connectivity index (χ3v) is 2.08. The zero-order valence-corrected chi connectivity index (χ0v) is 7.99. The molecular formula is C10H12N4. The van der Waals surface area contributed by atoms with Gasteiger partial charge in [0.25, 0.3) is 0 Å². The third-order valence-electron chi connectivity index (χ3n) is 2.08. The second kappa shape index (κ2) is 3.91. The van der Waals surface area contributed by atoms with Gasteiger partial charge in [0.2, 0.25) is 0 Å². The van der Waals surface area contributed by atoms with Gasteiger partial charge in [0, 0.05) is 18.4 Å². The van der Waals surface area contributed by atoms with Crippen LogP contribution in [0, 0.1) is 6.92 Å². The number of nitrogens with one attached hydrogen (secondary N) is 2. The van der Waals surface area contributed by atoms with E-state index in [1.165, 1.54) is 5.56 Å². The monoisotopic (exact) mass is 188 g/mol. The summed E-state index contributed by atoms with van der Waals surface area (Å²) in [5, 5.41) is 3.22. The minimum atomic E-state index is 0.766. The van der Waals surface area contributed by atoms with Gasteiger partial charge in [-0.15, -0.1) is 0 Å². The van der Waals surface area contributed by atoms with Gasteiger partial charge >= 0.3 is 0 Å². The van der Waals surface area contributed by atoms with E-state index < -0.39 is 0 Å². The van der Waals surface area contributed by atoms with E-state index in [-0.39, 0.29) is 0 Å². The number of hydrogen-bond acceptors (Lipinski definition) is 3. The summed E-state index contributed by atoms with van der Waals surface area (Å²) >= 11 is 0. The molecule has 4 heteroatoms. The number of H-pyrrole nitrogens is 1. The van der Waals surface area contributed by atoms with Gasteiger partial charge in [-0.1, -0.05) is 6.07 Å². The Morgan fingerprint density at radius 2 is 2.43 bits per heavy atom. The van der Waals surface area contributed by atoms with Crippen molar-refractivity contribution in [2.45, 2.75) is 13.5 Å². The molecule has 0 saturated heterocycles. The van der Waals surface area contributed by atoms with E-state index in [0.717, 1.165) is 18.1 Å². The van der Waals surface area contributed by atoms with Gasteiger partial charge in [-0.2, -0.15) is 0 Å². The van der Waals surface area contributed by atoms with Crippen LogP contribution >= 0.6 is 0 Å². The smallest absolute Gasteiger partial charge is 0.123 e. The summed E-state index contributed by atoms with van der Waals surface area (Å²) < 4.78 is 0. The second-order valence-electron chi connectivity index (χ2n) is 3.07. The Balaban J connectivity index is 2.02. The first-order valence-corrected chi connectivity index (χ1v) is 4.49. The van der Waals surface area contributed by atoms with Crippen molar-refractivity contribution in [2.75, 3.05) is 5.32 Å². The number of pyridine rings is 1. The molecule has 0 fully saturated rings. The van der Waals surface area contributed by atoms with Crippen LogP contribution in [0.1, 0.15) is 11.3 Å². The Morgan fingerprint density at radius 1 is 1.50 bits per heavy atom. The summed E-state index contributed by atoms with van der Waals surface area (Å²) in [5.74, 6) is 0.924. The molecule has 2 N–H and O–H groups in total. The van der Waals surface area contributed by atoms with Crippen molar-refractivity contribution in [1.82, 2.24) is 15.0 Å². The largest absolute Gasteiger partial charge is 0.366 e. The van der Waals surface area contributed by atoms with Crippen LogP contribution in [0.25, 0.3) is 0 Å². The molecule has 14 heavy (non-hydrogen) atoms. The van der Waals surface area contributed by atoms with Crippen LogP contribution in [0.2, 0.25) is 0 Å². The highest BCUT2D eigenvalue weighted by Crippen LogP contribution is 2.06. The molecule has 0 bridgehead atoms. The van der Waals surface area contributed by atoms with Crippen LogP contribution < -0.4 is 5.32 Å². The Kier molecular flexibility index (Phi) is 2.44. The van der Waals surface area contributed by atoms with Crippen LogP contribution in [-0.2, 0) is 6.54 Å². The van der Waals surface area contributed by atoms with Gasteiger partial charge in [-0.3, -0.25) is 4.98 Å². The summed E-state index contributed by atoms with van der Waals surface area (Å²) in [5.41, 5.74) is 2.25. The fourth-order valence-electron chi connectivity index (χ4n) is 1.25. The maximum atomic E-state index is 4.21. The van der Waals surface area contributed by atoms with Crippen LogP contribution in [0.5, 0.6) is 0 Å². The van der Waals surface area contributed by atoms with Gasteiger partial charge in [0.15, 0.2) is 0 Å². The molecule has 2 aromatic rings. The molecule has 0 aromatic carbocycles. The lowest BCUT2D eigenvalue weighted by Gasteiger charge is -2.05. The lowest BCUT2D eigenvalue weighted by Crippen LogP contribution is -2.02. The molecule has 2 aromatic heterocycles. The number of aromatic nitrogens is 3. The maximum Gasteiger partial charge on any atom is 0.123 e. The Labute approximate surface area is 82.4 Å². The van der Waals surface area contributed by atoms with E-state index in [9.17, 15) is 0 Å². The molecule has 2 heterocycles. The molecule has 4 nitrogen and oxygen atoms in total. The number of nitrogens with zero attached hydrogens (tertiary/aromatic N) is 2. The molecule has 0 saturated carbocycles. The highest BCUT2D eigenvalue weighted by Gasteiger charge is 1.98. The van der Waals surface area contributed by atoms with Crippen molar-refractivity contribution in [3.05, 3.63) is 42.1 Å². The second-order valence-corrected chi connectivity index (χ2v) is 3.07. The van der Waals surface area contributed by atoms with Gasteiger partial charge in [-0.05, 0) is 18.6 Å². The van der Waals surface area contributed by atoms with Crippen molar-refractivity contribution < 1.29 is 0 Å². The Hall–Kier alpha value is -1.84. The molecule has 0 aliphatic heterocycles. The minimum absolute atomic E-state index is 0.766. The lowest BCUT2D eigenvalue weighted by atomic mass is 10.2. The third kappa shape index (κ3) is 1.90. The van der Waals surface area contributed by atoms with E-state index in [2.05, 4.69) is 26.3 Å². The van der Waals surface area contributed by atoms with Crippen molar-refractivity contribution >= 4 is 5.82 Å². The molecule has 0 atom stereocenters. The van der Waals surface area contributed by atoms with E-state index in [1.54, 1.807) is 18.7 Å². The zero-order valence-electron chi connectivity index (χ0n) is 7.99. The standard InChI is InChI=1S/C10H12N4/c1-8-9(3-2-4-12-8)5-13-10-6-11-7-14-10/h2-4,6-7,13H,5H2,1H3,(H,11,14). The quantitative estimate of drug-likeness (QED) is 0.771. The summed E-state index contributed by atoms with van der Waals surface area (Å²) in [6.07, 6.45) is 5.21. The number of rotatable bonds is 3. The SMILES string of the molecule is Cc1ncccc1CNc1cnc[nH]1. The van der Waals surface area contributed by atoms with E-state index in [0.29, 0.717) is 0 Å². The van der Waals surface area contributed by atoms with Gasteiger partial charge in [0.05, 0.1) is 12.5 Å². The fourth-order valence-corrected chi connectivity index (χ4v) is 1.25. The van der Waals surface area contributed by atoms with Crippen molar-refractivity contribution in [1.29, 1.82) is 0 Å². The molecule has 0 aliphatic rings. The number of anilines is 1. The molecule has 0 aliphatic carbocycles. The van der Waals surface area contributed by atoms with E-state index in [1.807, 2.05) is 13.0 Å². The molecule has 0 amide bonds. The molecule has 2 rings (SSSR count). The van der Waals surface area contributed by atoms with Gasteiger partial charge in [-0.25, -0.2) is 4.98 Å². The molecule has 0 spiro atoms. The van der Waals surface area contributed by atoms with E-state index in [4.69, 9.17) is 0 Å².